The summed E-state index contributed by atoms with van der Waals surface area (Å²) < 4.78 is 39.4. The lowest BCUT2D eigenvalue weighted by atomic mass is 10.0. The van der Waals surface area contributed by atoms with Crippen molar-refractivity contribution < 1.29 is 22.4 Å². The van der Waals surface area contributed by atoms with Crippen LogP contribution in [0.3, 0.4) is 0 Å². The van der Waals surface area contributed by atoms with Crippen LogP contribution in [0, 0.1) is 12.8 Å². The van der Waals surface area contributed by atoms with Gasteiger partial charge in [-0.25, -0.2) is 18.0 Å². The number of benzene rings is 3. The predicted molar refractivity (Wildman–Crippen MR) is 143 cm³/mol. The fourth-order valence-corrected chi connectivity index (χ4v) is 5.35. The zero-order valence-electron chi connectivity index (χ0n) is 20.5. The van der Waals surface area contributed by atoms with Crippen LogP contribution in [0.15, 0.2) is 86.9 Å². The van der Waals surface area contributed by atoms with Crippen LogP contribution in [-0.2, 0) is 14.8 Å². The molecule has 4 rings (SSSR count). The van der Waals surface area contributed by atoms with Crippen LogP contribution >= 0.6 is 11.6 Å². The summed E-state index contributed by atoms with van der Waals surface area (Å²) in [6.45, 7) is 5.44. The third kappa shape index (κ3) is 5.93. The van der Waals surface area contributed by atoms with Gasteiger partial charge in [-0.2, -0.15) is 4.72 Å². The third-order valence-corrected chi connectivity index (χ3v) is 7.93. The molecule has 2 atom stereocenters. The van der Waals surface area contributed by atoms with E-state index in [1.165, 1.54) is 24.3 Å². The average molecular weight is 540 g/mol. The minimum atomic E-state index is -4.00. The van der Waals surface area contributed by atoms with Gasteiger partial charge >= 0.3 is 11.6 Å². The van der Waals surface area contributed by atoms with Crippen LogP contribution in [0.2, 0.25) is 5.02 Å². The van der Waals surface area contributed by atoms with Gasteiger partial charge < -0.3 is 9.15 Å². The molecule has 0 fully saturated rings. The maximum atomic E-state index is 13.2. The first-order valence-electron chi connectivity index (χ1n) is 11.7. The molecular weight excluding hydrogens is 514 g/mol. The Labute approximate surface area is 220 Å². The van der Waals surface area contributed by atoms with E-state index in [4.69, 9.17) is 20.8 Å². The highest BCUT2D eigenvalue weighted by Crippen LogP contribution is 2.35. The highest BCUT2D eigenvalue weighted by molar-refractivity contribution is 7.89. The van der Waals surface area contributed by atoms with Gasteiger partial charge in [0.05, 0.1) is 9.92 Å². The zero-order chi connectivity index (χ0) is 26.7. The number of halogens is 1. The largest absolute Gasteiger partial charge is 0.424 e. The van der Waals surface area contributed by atoms with Crippen molar-refractivity contribution in [1.82, 2.24) is 4.72 Å². The molecular formula is C28H26ClNO6S. The molecule has 0 amide bonds. The number of nitrogens with one attached hydrogen (secondary N) is 1. The van der Waals surface area contributed by atoms with E-state index in [1.54, 1.807) is 25.1 Å². The Bertz CT molecular complexity index is 1600. The van der Waals surface area contributed by atoms with Crippen LogP contribution in [0.4, 0.5) is 0 Å². The second kappa shape index (κ2) is 10.9. The highest BCUT2D eigenvalue weighted by atomic mass is 35.5. The summed E-state index contributed by atoms with van der Waals surface area (Å²) in [5.74, 6) is -1.25. The zero-order valence-corrected chi connectivity index (χ0v) is 22.1. The lowest BCUT2D eigenvalue weighted by Gasteiger charge is -2.23. The molecule has 0 radical (unpaired) electrons. The second-order valence-electron chi connectivity index (χ2n) is 8.84. The summed E-state index contributed by atoms with van der Waals surface area (Å²) >= 11 is 6.47. The lowest BCUT2D eigenvalue weighted by Crippen LogP contribution is -2.46. The van der Waals surface area contributed by atoms with E-state index in [0.717, 1.165) is 11.1 Å². The first-order chi connectivity index (χ1) is 17.6. The second-order valence-corrected chi connectivity index (χ2v) is 11.0. The molecule has 7 nitrogen and oxygen atoms in total. The third-order valence-electron chi connectivity index (χ3n) is 6.17. The molecule has 9 heteroatoms. The summed E-state index contributed by atoms with van der Waals surface area (Å²) in [6, 6.07) is 18.7. The van der Waals surface area contributed by atoms with Crippen molar-refractivity contribution in [1.29, 1.82) is 0 Å². The Kier molecular flexibility index (Phi) is 7.82. The Morgan fingerprint density at radius 1 is 1.05 bits per heavy atom. The Balaban J connectivity index is 1.67. The Hall–Kier alpha value is -3.46. The van der Waals surface area contributed by atoms with Crippen molar-refractivity contribution in [2.24, 2.45) is 5.92 Å². The molecule has 0 spiro atoms. The average Bonchev–Trinajstić information content (AvgIpc) is 2.88. The molecule has 4 aromatic rings. The number of fused-ring (bicyclic) bond motifs is 1. The maximum absolute atomic E-state index is 13.2. The first kappa shape index (κ1) is 26.6. The molecule has 0 saturated carbocycles. The van der Waals surface area contributed by atoms with Crippen molar-refractivity contribution in [2.45, 2.75) is 38.1 Å². The molecule has 0 saturated heterocycles. The summed E-state index contributed by atoms with van der Waals surface area (Å²) in [5, 5.41) is 0.672. The minimum Gasteiger partial charge on any atom is -0.424 e. The maximum Gasteiger partial charge on any atom is 0.336 e. The monoisotopic (exact) mass is 539 g/mol. The standard InChI is InChI=1S/C28H26ClNO6S/c1-4-18(3)27(30-37(33,34)20-12-10-17(2)11-13-20)28(32)36-25-16-24-22(14-23(25)29)21(15-26(31)35-24)19-8-6-5-7-9-19/h5-16,18,27,30H,4H2,1-3H3/t18-,27-/m0/s1. The SMILES string of the molecule is CC[C@H](C)[C@H](NS(=O)(=O)c1ccc(C)cc1)C(=O)Oc1cc2oc(=O)cc(-c3ccccc3)c2cc1Cl. The van der Waals surface area contributed by atoms with Crippen molar-refractivity contribution in [3.05, 3.63) is 93.8 Å². The van der Waals surface area contributed by atoms with Crippen molar-refractivity contribution >= 4 is 38.6 Å². The van der Waals surface area contributed by atoms with E-state index in [9.17, 15) is 18.0 Å². The van der Waals surface area contributed by atoms with Crippen molar-refractivity contribution in [3.8, 4) is 16.9 Å². The predicted octanol–water partition coefficient (Wildman–Crippen LogP) is 5.72. The molecule has 0 aliphatic heterocycles. The van der Waals surface area contributed by atoms with Gasteiger partial charge in [0, 0.05) is 17.5 Å². The van der Waals surface area contributed by atoms with Gasteiger partial charge in [0.2, 0.25) is 10.0 Å². The van der Waals surface area contributed by atoms with E-state index in [-0.39, 0.29) is 27.2 Å². The van der Waals surface area contributed by atoms with E-state index in [2.05, 4.69) is 4.72 Å². The van der Waals surface area contributed by atoms with Gasteiger partial charge in [-0.3, -0.25) is 0 Å². The first-order valence-corrected chi connectivity index (χ1v) is 13.6. The molecule has 192 valence electrons. The van der Waals surface area contributed by atoms with E-state index in [0.29, 0.717) is 17.4 Å². The Morgan fingerprint density at radius 2 is 1.73 bits per heavy atom. The number of aryl methyl sites for hydroxylation is 1. The molecule has 1 N–H and O–H groups in total. The van der Waals surface area contributed by atoms with Gasteiger partial charge in [0.25, 0.3) is 0 Å². The van der Waals surface area contributed by atoms with Crippen LogP contribution in [0.5, 0.6) is 5.75 Å². The van der Waals surface area contributed by atoms with Crippen molar-refractivity contribution in [2.75, 3.05) is 0 Å². The van der Waals surface area contributed by atoms with Gasteiger partial charge in [-0.15, -0.1) is 0 Å². The van der Waals surface area contributed by atoms with Gasteiger partial charge in [-0.05, 0) is 42.2 Å². The fourth-order valence-electron chi connectivity index (χ4n) is 3.85. The summed E-state index contributed by atoms with van der Waals surface area (Å²) in [6.07, 6.45) is 0.511. The van der Waals surface area contributed by atoms with Gasteiger partial charge in [0.1, 0.15) is 11.6 Å². The Morgan fingerprint density at radius 3 is 2.38 bits per heavy atom. The van der Waals surface area contributed by atoms with Gasteiger partial charge in [-0.1, -0.05) is 79.9 Å². The van der Waals surface area contributed by atoms with Crippen LogP contribution in [-0.4, -0.2) is 20.4 Å². The molecule has 0 aliphatic rings. The van der Waals surface area contributed by atoms with Crippen LogP contribution in [0.1, 0.15) is 25.8 Å². The molecule has 0 aliphatic carbocycles. The number of carbonyl (C=O) groups excluding carboxylic acids is 1. The number of hydrogen-bond acceptors (Lipinski definition) is 6. The highest BCUT2D eigenvalue weighted by Gasteiger charge is 2.32. The summed E-state index contributed by atoms with van der Waals surface area (Å²) in [5.41, 5.74) is 1.93. The van der Waals surface area contributed by atoms with E-state index < -0.39 is 27.7 Å². The number of sulfonamides is 1. The number of rotatable bonds is 8. The number of ether oxygens (including phenoxy) is 1. The summed E-state index contributed by atoms with van der Waals surface area (Å²) in [7, 11) is -4.00. The van der Waals surface area contributed by atoms with Crippen molar-refractivity contribution in [3.63, 3.8) is 0 Å². The number of hydrogen-bond donors (Lipinski definition) is 1. The number of carbonyl (C=O) groups is 1. The molecule has 37 heavy (non-hydrogen) atoms. The van der Waals surface area contributed by atoms with Crippen LogP contribution < -0.4 is 15.1 Å². The molecule has 1 heterocycles. The molecule has 0 bridgehead atoms. The molecule has 0 unspecified atom stereocenters. The minimum absolute atomic E-state index is 0.0400. The quantitative estimate of drug-likeness (QED) is 0.174. The summed E-state index contributed by atoms with van der Waals surface area (Å²) in [4.78, 5) is 25.5. The van der Waals surface area contributed by atoms with Gasteiger partial charge in [0.15, 0.2) is 5.75 Å². The smallest absolute Gasteiger partial charge is 0.336 e. The van der Waals surface area contributed by atoms with E-state index in [1.807, 2.05) is 44.2 Å². The fraction of sp³-hybridized carbons (Fsp3) is 0.214. The number of esters is 1. The van der Waals surface area contributed by atoms with E-state index >= 15 is 0 Å². The molecule has 1 aromatic heterocycles. The lowest BCUT2D eigenvalue weighted by molar-refractivity contribution is -0.137. The van der Waals surface area contributed by atoms with Crippen LogP contribution in [0.25, 0.3) is 22.1 Å². The normalized spacial score (nSPS) is 13.3. The molecule has 3 aromatic carbocycles. The topological polar surface area (TPSA) is 103 Å².